The lowest BCUT2D eigenvalue weighted by molar-refractivity contribution is 0.135. The predicted octanol–water partition coefficient (Wildman–Crippen LogP) is 5.65. The number of nitrogens with zero attached hydrogens (tertiary/aromatic N) is 2. The molecule has 0 saturated carbocycles. The molecule has 0 radical (unpaired) electrons. The van der Waals surface area contributed by atoms with E-state index < -0.39 is 5.66 Å². The zero-order valence-electron chi connectivity index (χ0n) is 18.7. The number of aliphatic imine (C=N–C) groups is 1. The van der Waals surface area contributed by atoms with E-state index in [1.807, 2.05) is 6.34 Å². The van der Waals surface area contributed by atoms with E-state index in [0.29, 0.717) is 6.42 Å². The SMILES string of the molecule is CCCCCCCCCCCCCCC=CC(CCO)C(C)(N)N1C=NCC1. The average molecular weight is 394 g/mol. The summed E-state index contributed by atoms with van der Waals surface area (Å²) >= 11 is 0. The monoisotopic (exact) mass is 393 g/mol. The fraction of sp³-hybridized carbons (Fsp3) is 0.875. The van der Waals surface area contributed by atoms with E-state index in [4.69, 9.17) is 5.73 Å². The van der Waals surface area contributed by atoms with Gasteiger partial charge in [0.05, 0.1) is 18.5 Å². The van der Waals surface area contributed by atoms with E-state index in [1.54, 1.807) is 0 Å². The Hall–Kier alpha value is -0.870. The second-order valence-electron chi connectivity index (χ2n) is 8.67. The van der Waals surface area contributed by atoms with Crippen LogP contribution in [0.25, 0.3) is 0 Å². The molecule has 2 unspecified atom stereocenters. The summed E-state index contributed by atoms with van der Waals surface area (Å²) in [5.74, 6) is 0.152. The Morgan fingerprint density at radius 2 is 1.61 bits per heavy atom. The normalized spacial score (nSPS) is 17.5. The Morgan fingerprint density at radius 1 is 1.04 bits per heavy atom. The summed E-state index contributed by atoms with van der Waals surface area (Å²) < 4.78 is 0. The summed E-state index contributed by atoms with van der Waals surface area (Å²) in [7, 11) is 0. The Labute approximate surface area is 174 Å². The number of aliphatic hydroxyl groups excluding tert-OH is 1. The molecule has 1 rings (SSSR count). The number of rotatable bonds is 18. The minimum atomic E-state index is -0.476. The third-order valence-electron chi connectivity index (χ3n) is 6.09. The van der Waals surface area contributed by atoms with E-state index in [2.05, 4.69) is 35.9 Å². The van der Waals surface area contributed by atoms with E-state index in [-0.39, 0.29) is 12.5 Å². The van der Waals surface area contributed by atoms with E-state index in [1.165, 1.54) is 77.0 Å². The molecule has 164 valence electrons. The van der Waals surface area contributed by atoms with Crippen LogP contribution in [-0.4, -0.2) is 41.7 Å². The maximum Gasteiger partial charge on any atom is 0.0927 e. The Bertz CT molecular complexity index is 420. The van der Waals surface area contributed by atoms with Gasteiger partial charge >= 0.3 is 0 Å². The van der Waals surface area contributed by atoms with Crippen LogP contribution in [0.4, 0.5) is 0 Å². The van der Waals surface area contributed by atoms with Gasteiger partial charge in [-0.05, 0) is 26.2 Å². The summed E-state index contributed by atoms with van der Waals surface area (Å²) in [4.78, 5) is 6.39. The lowest BCUT2D eigenvalue weighted by Crippen LogP contribution is -2.57. The second kappa shape index (κ2) is 16.0. The Morgan fingerprint density at radius 3 is 2.11 bits per heavy atom. The van der Waals surface area contributed by atoms with E-state index >= 15 is 0 Å². The van der Waals surface area contributed by atoms with Crippen molar-refractivity contribution >= 4 is 6.34 Å². The molecule has 0 aromatic rings. The highest BCUT2D eigenvalue weighted by molar-refractivity contribution is 5.58. The lowest BCUT2D eigenvalue weighted by Gasteiger charge is -2.40. The summed E-state index contributed by atoms with van der Waals surface area (Å²) in [5.41, 5.74) is 6.10. The molecule has 0 bridgehead atoms. The van der Waals surface area contributed by atoms with E-state index in [0.717, 1.165) is 19.5 Å². The first kappa shape index (κ1) is 25.2. The summed E-state index contributed by atoms with van der Waals surface area (Å²) in [5, 5.41) is 9.42. The van der Waals surface area contributed by atoms with Crippen molar-refractivity contribution in [1.29, 1.82) is 0 Å². The number of aliphatic hydroxyl groups is 1. The molecule has 0 fully saturated rings. The van der Waals surface area contributed by atoms with Crippen LogP contribution < -0.4 is 5.73 Å². The molecular weight excluding hydrogens is 346 g/mol. The molecule has 2 atom stereocenters. The molecule has 0 amide bonds. The topological polar surface area (TPSA) is 61.9 Å². The van der Waals surface area contributed by atoms with Gasteiger partial charge in [0.1, 0.15) is 0 Å². The molecule has 1 heterocycles. The molecule has 0 saturated heterocycles. The number of unbranched alkanes of at least 4 members (excludes halogenated alkanes) is 12. The highest BCUT2D eigenvalue weighted by atomic mass is 16.3. The molecule has 0 spiro atoms. The quantitative estimate of drug-likeness (QED) is 0.234. The van der Waals surface area contributed by atoms with Crippen LogP contribution in [0.15, 0.2) is 17.1 Å². The maximum atomic E-state index is 9.42. The molecule has 3 N–H and O–H groups in total. The van der Waals surface area contributed by atoms with Gasteiger partial charge in [-0.25, -0.2) is 0 Å². The third-order valence-corrected chi connectivity index (χ3v) is 6.09. The molecule has 4 heteroatoms. The van der Waals surface area contributed by atoms with Crippen LogP contribution in [-0.2, 0) is 0 Å². The second-order valence-corrected chi connectivity index (χ2v) is 8.67. The Balaban J connectivity index is 2.07. The first-order valence-electron chi connectivity index (χ1n) is 12.0. The fourth-order valence-electron chi connectivity index (χ4n) is 4.04. The molecule has 1 aliphatic heterocycles. The summed E-state index contributed by atoms with van der Waals surface area (Å²) in [6, 6.07) is 0. The van der Waals surface area contributed by atoms with Gasteiger partial charge in [-0.3, -0.25) is 4.99 Å². The first-order valence-corrected chi connectivity index (χ1v) is 12.0. The van der Waals surface area contributed by atoms with Gasteiger partial charge in [0.15, 0.2) is 0 Å². The van der Waals surface area contributed by atoms with Crippen molar-refractivity contribution in [3.05, 3.63) is 12.2 Å². The van der Waals surface area contributed by atoms with Crippen LogP contribution in [0.1, 0.15) is 104 Å². The maximum absolute atomic E-state index is 9.42. The largest absolute Gasteiger partial charge is 0.396 e. The van der Waals surface area contributed by atoms with Crippen molar-refractivity contribution < 1.29 is 5.11 Å². The average Bonchev–Trinajstić information content (AvgIpc) is 3.23. The van der Waals surface area contributed by atoms with Crippen LogP contribution in [0.5, 0.6) is 0 Å². The number of hydrogen-bond donors (Lipinski definition) is 2. The fourth-order valence-corrected chi connectivity index (χ4v) is 4.04. The van der Waals surface area contributed by atoms with Gasteiger partial charge in [0, 0.05) is 19.1 Å². The molecule has 0 aromatic carbocycles. The molecule has 0 aliphatic carbocycles. The predicted molar refractivity (Wildman–Crippen MR) is 123 cm³/mol. The standard InChI is InChI=1S/C24H47N3O/c1-3-4-5-6-7-8-9-10-11-12-13-14-15-16-17-23(18-21-28)24(2,25)27-20-19-26-22-27/h16-17,22-23,28H,3-15,18-21,25H2,1-2H3. The van der Waals surface area contributed by atoms with Gasteiger partial charge in [0.2, 0.25) is 0 Å². The van der Waals surface area contributed by atoms with Crippen molar-refractivity contribution in [2.75, 3.05) is 19.7 Å². The summed E-state index contributed by atoms with van der Waals surface area (Å²) in [6.45, 7) is 6.20. The van der Waals surface area contributed by atoms with Crippen molar-refractivity contribution in [1.82, 2.24) is 4.90 Å². The lowest BCUT2D eigenvalue weighted by atomic mass is 9.89. The highest BCUT2D eigenvalue weighted by Gasteiger charge is 2.34. The van der Waals surface area contributed by atoms with Crippen LogP contribution in [0, 0.1) is 5.92 Å². The number of hydrogen-bond acceptors (Lipinski definition) is 4. The van der Waals surface area contributed by atoms with Crippen molar-refractivity contribution in [3.8, 4) is 0 Å². The smallest absolute Gasteiger partial charge is 0.0927 e. The number of allylic oxidation sites excluding steroid dienone is 1. The van der Waals surface area contributed by atoms with Gasteiger partial charge in [-0.1, -0.05) is 89.7 Å². The van der Waals surface area contributed by atoms with Gasteiger partial charge in [-0.2, -0.15) is 0 Å². The molecule has 28 heavy (non-hydrogen) atoms. The summed E-state index contributed by atoms with van der Waals surface area (Å²) in [6.07, 6.45) is 24.8. The van der Waals surface area contributed by atoms with Crippen molar-refractivity contribution in [2.45, 2.75) is 109 Å². The van der Waals surface area contributed by atoms with Crippen molar-refractivity contribution in [2.24, 2.45) is 16.6 Å². The minimum absolute atomic E-state index is 0.152. The van der Waals surface area contributed by atoms with E-state index in [9.17, 15) is 5.11 Å². The molecular formula is C24H47N3O. The molecule has 1 aliphatic rings. The van der Waals surface area contributed by atoms with Crippen LogP contribution >= 0.6 is 0 Å². The van der Waals surface area contributed by atoms with Crippen LogP contribution in [0.3, 0.4) is 0 Å². The zero-order chi connectivity index (χ0) is 20.5. The van der Waals surface area contributed by atoms with Gasteiger partial charge in [-0.15, -0.1) is 0 Å². The van der Waals surface area contributed by atoms with Gasteiger partial charge in [0.25, 0.3) is 0 Å². The molecule has 0 aromatic heterocycles. The first-order chi connectivity index (χ1) is 13.6. The highest BCUT2D eigenvalue weighted by Crippen LogP contribution is 2.24. The molecule has 4 nitrogen and oxygen atoms in total. The third kappa shape index (κ3) is 10.6. The number of nitrogens with two attached hydrogens (primary N) is 1. The minimum Gasteiger partial charge on any atom is -0.396 e. The van der Waals surface area contributed by atoms with Gasteiger partial charge < -0.3 is 15.7 Å². The zero-order valence-corrected chi connectivity index (χ0v) is 18.7. The van der Waals surface area contributed by atoms with Crippen LogP contribution in [0.2, 0.25) is 0 Å². The Kier molecular flexibility index (Phi) is 14.4. The van der Waals surface area contributed by atoms with Crippen molar-refractivity contribution in [3.63, 3.8) is 0 Å².